The van der Waals surface area contributed by atoms with Crippen molar-refractivity contribution in [1.29, 1.82) is 0 Å². The fraction of sp³-hybridized carbons (Fsp3) is 0.318. The van der Waals surface area contributed by atoms with Gasteiger partial charge in [-0.3, -0.25) is 24.1 Å². The van der Waals surface area contributed by atoms with Gasteiger partial charge in [-0.05, 0) is 25.0 Å². The van der Waals surface area contributed by atoms with E-state index in [9.17, 15) is 14.4 Å². The van der Waals surface area contributed by atoms with Gasteiger partial charge in [-0.25, -0.2) is 19.7 Å². The number of nitrogens with one attached hydrogen (secondary N) is 1. The van der Waals surface area contributed by atoms with Gasteiger partial charge in [-0.15, -0.1) is 0 Å². The van der Waals surface area contributed by atoms with Gasteiger partial charge < -0.3 is 15.4 Å². The molecule has 0 atom stereocenters. The average Bonchev–Trinajstić information content (AvgIpc) is 2.84. The van der Waals surface area contributed by atoms with Crippen LogP contribution < -0.4 is 17.0 Å². The smallest absolute Gasteiger partial charge is 0.329 e. The van der Waals surface area contributed by atoms with E-state index in [0.29, 0.717) is 53.7 Å². The molecular weight excluding hydrogens is 440 g/mol. The van der Waals surface area contributed by atoms with Crippen LogP contribution in [-0.2, 0) is 9.53 Å². The van der Waals surface area contributed by atoms with Crippen molar-refractivity contribution >= 4 is 33.8 Å². The lowest BCUT2D eigenvalue weighted by molar-refractivity contribution is -0.136. The van der Waals surface area contributed by atoms with Crippen molar-refractivity contribution in [2.45, 2.75) is 18.9 Å². The molecule has 0 aromatic carbocycles. The Morgan fingerprint density at radius 2 is 1.88 bits per heavy atom. The predicted octanol–water partition coefficient (Wildman–Crippen LogP) is 0.482. The molecule has 0 unspecified atom stereocenters. The minimum Gasteiger partial charge on any atom is -0.375 e. The zero-order valence-corrected chi connectivity index (χ0v) is 18.4. The van der Waals surface area contributed by atoms with Crippen LogP contribution in [0.1, 0.15) is 18.9 Å². The summed E-state index contributed by atoms with van der Waals surface area (Å²) in [6.45, 7) is 0.971. The van der Waals surface area contributed by atoms with E-state index in [1.165, 1.54) is 13.3 Å². The number of H-pyrrole nitrogens is 1. The number of methoxy groups -OCH3 is 1. The van der Waals surface area contributed by atoms with Gasteiger partial charge >= 0.3 is 5.69 Å². The number of piperidine rings is 1. The third-order valence-electron chi connectivity index (χ3n) is 6.03. The van der Waals surface area contributed by atoms with Gasteiger partial charge in [0.05, 0.1) is 22.1 Å². The van der Waals surface area contributed by atoms with Crippen LogP contribution in [-0.4, -0.2) is 67.1 Å². The van der Waals surface area contributed by atoms with Crippen molar-refractivity contribution in [2.24, 2.45) is 0 Å². The van der Waals surface area contributed by atoms with Crippen LogP contribution in [0.15, 0.2) is 40.3 Å². The summed E-state index contributed by atoms with van der Waals surface area (Å²) in [7, 11) is 1.48. The summed E-state index contributed by atoms with van der Waals surface area (Å²) >= 11 is 0. The lowest BCUT2D eigenvalue weighted by atomic mass is 10.0. The molecule has 12 heteroatoms. The highest BCUT2D eigenvalue weighted by Gasteiger charge is 2.27. The Hall–Kier alpha value is -4.19. The van der Waals surface area contributed by atoms with E-state index < -0.39 is 11.2 Å². The molecule has 4 aromatic rings. The third-order valence-corrected chi connectivity index (χ3v) is 6.03. The minimum atomic E-state index is -0.527. The molecule has 5 heterocycles. The number of fused-ring (bicyclic) bond motifs is 3. The zero-order valence-electron chi connectivity index (χ0n) is 18.4. The Labute approximate surface area is 192 Å². The molecule has 0 bridgehead atoms. The van der Waals surface area contributed by atoms with E-state index >= 15 is 0 Å². The molecule has 0 spiro atoms. The van der Waals surface area contributed by atoms with E-state index in [1.54, 1.807) is 34.0 Å². The van der Waals surface area contributed by atoms with Crippen molar-refractivity contribution < 1.29 is 9.53 Å². The maximum Gasteiger partial charge on any atom is 0.329 e. The van der Waals surface area contributed by atoms with Gasteiger partial charge in [0, 0.05) is 50.4 Å². The molecular formula is C22H22N8O4. The molecule has 1 saturated heterocycles. The number of pyridine rings is 2. The molecule has 0 radical (unpaired) electrons. The number of hydrogen-bond acceptors (Lipinski definition) is 9. The third kappa shape index (κ3) is 3.77. The summed E-state index contributed by atoms with van der Waals surface area (Å²) in [5.41, 5.74) is 7.12. The molecule has 1 aliphatic rings. The Morgan fingerprint density at radius 1 is 1.15 bits per heavy atom. The zero-order chi connectivity index (χ0) is 23.8. The van der Waals surface area contributed by atoms with Crippen LogP contribution in [0.3, 0.4) is 0 Å². The summed E-state index contributed by atoms with van der Waals surface area (Å²) in [6.07, 6.45) is 5.67. The van der Waals surface area contributed by atoms with Gasteiger partial charge in [0.2, 0.25) is 11.9 Å². The number of hydrogen-bond donors (Lipinski definition) is 2. The van der Waals surface area contributed by atoms with Crippen LogP contribution in [0.25, 0.3) is 33.2 Å². The molecule has 0 saturated carbocycles. The largest absolute Gasteiger partial charge is 0.375 e. The summed E-state index contributed by atoms with van der Waals surface area (Å²) in [5, 5.41) is 0.267. The number of carbonyl (C=O) groups excluding carboxylic acids is 1. The summed E-state index contributed by atoms with van der Waals surface area (Å²) in [6, 6.07) is 3.32. The van der Waals surface area contributed by atoms with E-state index in [-0.39, 0.29) is 29.9 Å². The number of aromatic nitrogens is 6. The Bertz CT molecular complexity index is 1500. The Morgan fingerprint density at radius 3 is 2.59 bits per heavy atom. The first-order chi connectivity index (χ1) is 16.5. The molecule has 5 rings (SSSR count). The summed E-state index contributed by atoms with van der Waals surface area (Å²) < 4.78 is 6.52. The Balaban J connectivity index is 1.65. The summed E-state index contributed by atoms with van der Waals surface area (Å²) in [4.78, 5) is 59.1. The predicted molar refractivity (Wildman–Crippen MR) is 124 cm³/mol. The van der Waals surface area contributed by atoms with Crippen molar-refractivity contribution in [1.82, 2.24) is 34.4 Å². The number of likely N-dealkylation sites (tertiary alicyclic amines) is 1. The molecule has 3 N–H and O–H groups in total. The van der Waals surface area contributed by atoms with Crippen LogP contribution >= 0.6 is 0 Å². The maximum absolute atomic E-state index is 13.0. The quantitative estimate of drug-likeness (QED) is 0.411. The van der Waals surface area contributed by atoms with Crippen molar-refractivity contribution in [3.05, 3.63) is 51.6 Å². The lowest BCUT2D eigenvalue weighted by Gasteiger charge is -2.33. The molecule has 34 heavy (non-hydrogen) atoms. The average molecular weight is 462 g/mol. The number of ether oxygens (including phenoxy) is 1. The fourth-order valence-corrected chi connectivity index (χ4v) is 4.36. The highest BCUT2D eigenvalue weighted by molar-refractivity contribution is 6.01. The van der Waals surface area contributed by atoms with E-state index in [4.69, 9.17) is 15.5 Å². The van der Waals surface area contributed by atoms with Gasteiger partial charge in [-0.1, -0.05) is 0 Å². The monoisotopic (exact) mass is 462 g/mol. The standard InChI is InChI=1S/C22H22N8O4/c1-34-11-17(31)29-6-4-13(5-7-29)30-19-14(20(32)28-22(30)33)10-24-16-3-2-15(27-18(16)19)12-8-25-21(23)26-9-12/h2-3,8-10,13H,4-7,11H2,1H3,(H2,23,25,26)(H,28,32,33). The number of carbonyl (C=O) groups is 1. The van der Waals surface area contributed by atoms with Crippen molar-refractivity contribution in [3.63, 3.8) is 0 Å². The maximum atomic E-state index is 13.0. The summed E-state index contributed by atoms with van der Waals surface area (Å²) in [5.74, 6) is 0.0543. The van der Waals surface area contributed by atoms with Crippen LogP contribution in [0.4, 0.5) is 5.95 Å². The molecule has 0 aliphatic carbocycles. The molecule has 12 nitrogen and oxygen atoms in total. The number of amides is 1. The van der Waals surface area contributed by atoms with Crippen molar-refractivity contribution in [2.75, 3.05) is 32.5 Å². The molecule has 1 fully saturated rings. The highest BCUT2D eigenvalue weighted by atomic mass is 16.5. The first-order valence-electron chi connectivity index (χ1n) is 10.7. The van der Waals surface area contributed by atoms with Crippen molar-refractivity contribution in [3.8, 4) is 11.3 Å². The lowest BCUT2D eigenvalue weighted by Crippen LogP contribution is -2.43. The first kappa shape index (κ1) is 21.6. The Kier molecular flexibility index (Phi) is 5.49. The normalized spacial score (nSPS) is 14.7. The second-order valence-electron chi connectivity index (χ2n) is 8.09. The van der Waals surface area contributed by atoms with Crippen LogP contribution in [0.5, 0.6) is 0 Å². The van der Waals surface area contributed by atoms with E-state index in [1.807, 2.05) is 0 Å². The molecule has 174 valence electrons. The molecule has 1 amide bonds. The van der Waals surface area contributed by atoms with E-state index in [0.717, 1.165) is 0 Å². The second kappa shape index (κ2) is 8.63. The van der Waals surface area contributed by atoms with Gasteiger partial charge in [0.1, 0.15) is 12.1 Å². The number of anilines is 1. The van der Waals surface area contributed by atoms with Gasteiger partial charge in [0.25, 0.3) is 5.56 Å². The second-order valence-corrected chi connectivity index (χ2v) is 8.09. The SMILES string of the molecule is COCC(=O)N1CCC(n2c(=O)[nH]c(=O)c3cnc4ccc(-c5cnc(N)nc5)nc4c32)CC1. The topological polar surface area (TPSA) is 162 Å². The van der Waals surface area contributed by atoms with Gasteiger partial charge in [0.15, 0.2) is 0 Å². The van der Waals surface area contributed by atoms with Gasteiger partial charge in [-0.2, -0.15) is 0 Å². The first-order valence-corrected chi connectivity index (χ1v) is 10.7. The highest BCUT2D eigenvalue weighted by Crippen LogP contribution is 2.28. The van der Waals surface area contributed by atoms with Crippen LogP contribution in [0, 0.1) is 0 Å². The van der Waals surface area contributed by atoms with Crippen LogP contribution in [0.2, 0.25) is 0 Å². The van der Waals surface area contributed by atoms with E-state index in [2.05, 4.69) is 19.9 Å². The molecule has 4 aromatic heterocycles. The number of nitrogen functional groups attached to an aromatic ring is 1. The minimum absolute atomic E-state index is 0.0179. The number of aromatic amines is 1. The number of rotatable bonds is 4. The fourth-order valence-electron chi connectivity index (χ4n) is 4.36. The number of nitrogens with two attached hydrogens (primary N) is 1. The molecule has 1 aliphatic heterocycles. The number of nitrogens with zero attached hydrogens (tertiary/aromatic N) is 6.